The zero-order chi connectivity index (χ0) is 30.6. The summed E-state index contributed by atoms with van der Waals surface area (Å²) in [5.74, 6) is 0.392. The molecule has 3 aromatic rings. The van der Waals surface area contributed by atoms with Crippen molar-refractivity contribution in [1.82, 2.24) is 5.32 Å². The van der Waals surface area contributed by atoms with Gasteiger partial charge >= 0.3 is 0 Å². The Kier molecular flexibility index (Phi) is 9.15. The van der Waals surface area contributed by atoms with Crippen molar-refractivity contribution in [2.45, 2.75) is 30.4 Å². The van der Waals surface area contributed by atoms with E-state index < -0.39 is 34.3 Å². The molecule has 1 N–H and O–H groups in total. The van der Waals surface area contributed by atoms with E-state index in [2.05, 4.69) is 10.2 Å². The van der Waals surface area contributed by atoms with Gasteiger partial charge in [-0.25, -0.2) is 0 Å². The van der Waals surface area contributed by atoms with Crippen molar-refractivity contribution in [3.05, 3.63) is 95.2 Å². The van der Waals surface area contributed by atoms with Gasteiger partial charge in [0.1, 0.15) is 12.2 Å². The number of hydrogen-bond acceptors (Lipinski definition) is 11. The van der Waals surface area contributed by atoms with E-state index in [0.29, 0.717) is 51.7 Å². The molecule has 13 nitrogen and oxygen atoms in total. The van der Waals surface area contributed by atoms with Gasteiger partial charge in [0.25, 0.3) is 16.7 Å². The fourth-order valence-electron chi connectivity index (χ4n) is 5.08. The molecule has 1 aliphatic rings. The Morgan fingerprint density at radius 2 is 1.79 bits per heavy atom. The van der Waals surface area contributed by atoms with Crippen LogP contribution >= 0.6 is 11.8 Å². The molecule has 0 saturated carbocycles. The van der Waals surface area contributed by atoms with E-state index in [1.165, 1.54) is 57.4 Å². The van der Waals surface area contributed by atoms with Gasteiger partial charge in [0.15, 0.2) is 16.9 Å². The lowest BCUT2D eigenvalue weighted by Crippen LogP contribution is -2.30. The molecule has 0 spiro atoms. The molecule has 220 valence electrons. The van der Waals surface area contributed by atoms with Crippen LogP contribution in [0.15, 0.2) is 52.2 Å². The number of methoxy groups -OCH3 is 3. The van der Waals surface area contributed by atoms with Gasteiger partial charge in [0.05, 0.1) is 42.8 Å². The normalized spacial score (nSPS) is 13.6. The number of ether oxygens (including phenoxy) is 3. The first kappa shape index (κ1) is 30.1. The lowest BCUT2D eigenvalue weighted by Gasteiger charge is -2.20. The van der Waals surface area contributed by atoms with Crippen LogP contribution in [0.3, 0.4) is 0 Å². The lowest BCUT2D eigenvalue weighted by atomic mass is 9.95. The average molecular weight is 598 g/mol. The maximum atomic E-state index is 13.6. The third kappa shape index (κ3) is 5.79. The van der Waals surface area contributed by atoms with Crippen LogP contribution in [0.4, 0.5) is 5.69 Å². The quantitative estimate of drug-likeness (QED) is 0.198. The molecule has 3 aromatic carbocycles. The van der Waals surface area contributed by atoms with Crippen molar-refractivity contribution in [1.29, 1.82) is 0 Å². The van der Waals surface area contributed by atoms with E-state index in [9.17, 15) is 29.8 Å². The average Bonchev–Trinajstić information content (AvgIpc) is 3.22. The molecular formula is C28H27N3O10S. The molecule has 42 heavy (non-hydrogen) atoms. The minimum Gasteiger partial charge on any atom is -0.493 e. The number of aryl methyl sites for hydroxylation is 1. The zero-order valence-corrected chi connectivity index (χ0v) is 23.9. The first-order chi connectivity index (χ1) is 20.1. The predicted octanol–water partition coefficient (Wildman–Crippen LogP) is 4.50. The minimum atomic E-state index is -1.07. The van der Waals surface area contributed by atoms with E-state index in [1.807, 2.05) is 6.07 Å². The van der Waals surface area contributed by atoms with Crippen LogP contribution in [0.25, 0.3) is 11.1 Å². The van der Waals surface area contributed by atoms with Crippen LogP contribution < -0.4 is 25.0 Å². The first-order valence-corrected chi connectivity index (χ1v) is 13.8. The summed E-state index contributed by atoms with van der Waals surface area (Å²) in [6, 6.07) is 9.89. The highest BCUT2D eigenvalue weighted by Gasteiger charge is 2.32. The van der Waals surface area contributed by atoms with Crippen LogP contribution in [0.1, 0.15) is 39.5 Å². The van der Waals surface area contributed by atoms with Crippen molar-refractivity contribution in [2.24, 2.45) is 0 Å². The van der Waals surface area contributed by atoms with E-state index in [0.717, 1.165) is 5.56 Å². The Bertz CT molecular complexity index is 1630. The van der Waals surface area contributed by atoms with Crippen LogP contribution in [0.5, 0.6) is 17.2 Å². The van der Waals surface area contributed by atoms with Crippen molar-refractivity contribution in [3.63, 3.8) is 0 Å². The summed E-state index contributed by atoms with van der Waals surface area (Å²) in [6.45, 7) is -0.706. The second-order valence-corrected chi connectivity index (χ2v) is 9.94. The minimum absolute atomic E-state index is 0.139. The van der Waals surface area contributed by atoms with E-state index >= 15 is 0 Å². The summed E-state index contributed by atoms with van der Waals surface area (Å²) < 4.78 is 16.9. The second kappa shape index (κ2) is 12.8. The number of thioether (sulfide) groups is 1. The number of hydrogen-bond donors (Lipinski definition) is 1. The van der Waals surface area contributed by atoms with Crippen molar-refractivity contribution < 1.29 is 33.9 Å². The van der Waals surface area contributed by atoms with Gasteiger partial charge in [0.2, 0.25) is 5.75 Å². The van der Waals surface area contributed by atoms with Gasteiger partial charge in [-0.1, -0.05) is 18.2 Å². The molecule has 0 saturated heterocycles. The standard InChI is InChI=1S/C28H27N3O10S/c1-38-22-12-15-8-10-20(29-28(33)18-7-5-6-16(14-41-31(36)37)25(18)30(34)35)19-13-21(32)23(42-4)11-9-17(19)24(15)27(40-3)26(22)39-2/h5-7,9,11-13,20H,8,10,14H2,1-4H3,(H,29,33)/t20-/m0/s1. The number of nitro benzene ring substituents is 1. The lowest BCUT2D eigenvalue weighted by molar-refractivity contribution is -0.763. The van der Waals surface area contributed by atoms with Gasteiger partial charge in [-0.15, -0.1) is 21.9 Å². The number of amides is 1. The maximum Gasteiger partial charge on any atom is 0.294 e. The fraction of sp³-hybridized carbons (Fsp3) is 0.286. The Hall–Kier alpha value is -4.85. The number of benzene rings is 2. The van der Waals surface area contributed by atoms with Crippen LogP contribution in [0.2, 0.25) is 0 Å². The van der Waals surface area contributed by atoms with Crippen molar-refractivity contribution >= 4 is 23.4 Å². The molecule has 0 radical (unpaired) electrons. The Labute approximate surface area is 244 Å². The van der Waals surface area contributed by atoms with Crippen molar-refractivity contribution in [3.8, 4) is 28.4 Å². The Balaban J connectivity index is 1.88. The highest BCUT2D eigenvalue weighted by atomic mass is 32.2. The Morgan fingerprint density at radius 3 is 2.40 bits per heavy atom. The molecule has 0 bridgehead atoms. The molecule has 0 aromatic heterocycles. The molecule has 0 heterocycles. The third-order valence-corrected chi connectivity index (χ3v) is 7.68. The molecule has 14 heteroatoms. The third-order valence-electron chi connectivity index (χ3n) is 6.90. The summed E-state index contributed by atoms with van der Waals surface area (Å²) in [4.78, 5) is 53.4. The number of nitro groups is 1. The van der Waals surface area contributed by atoms with Gasteiger partial charge in [-0.05, 0) is 60.1 Å². The SMILES string of the molecule is COc1cc2c(c(OC)c1OC)-c1ccc(SC)c(=O)cc1[C@@H](NC(=O)c1cccc(CO[N+](=O)[O-])c1[N+](=O)[O-])CC2. The molecule has 1 atom stereocenters. The number of nitrogens with zero attached hydrogens (tertiary/aromatic N) is 2. The van der Waals surface area contributed by atoms with Gasteiger partial charge in [-0.3, -0.25) is 19.7 Å². The predicted molar refractivity (Wildman–Crippen MR) is 153 cm³/mol. The molecule has 0 aliphatic heterocycles. The largest absolute Gasteiger partial charge is 0.493 e. The summed E-state index contributed by atoms with van der Waals surface area (Å²) in [5, 5.41) is 24.4. The second-order valence-electron chi connectivity index (χ2n) is 9.09. The Morgan fingerprint density at radius 1 is 1.05 bits per heavy atom. The summed E-state index contributed by atoms with van der Waals surface area (Å²) in [6.07, 6.45) is 2.51. The zero-order valence-electron chi connectivity index (χ0n) is 23.1. The van der Waals surface area contributed by atoms with Crippen LogP contribution in [-0.4, -0.2) is 43.5 Å². The first-order valence-electron chi connectivity index (χ1n) is 12.5. The number of rotatable bonds is 10. The molecular weight excluding hydrogens is 570 g/mol. The molecule has 1 amide bonds. The van der Waals surface area contributed by atoms with E-state index in [-0.39, 0.29) is 16.6 Å². The van der Waals surface area contributed by atoms with Crippen LogP contribution in [0, 0.1) is 20.2 Å². The van der Waals surface area contributed by atoms with Crippen LogP contribution in [-0.2, 0) is 17.9 Å². The highest BCUT2D eigenvalue weighted by molar-refractivity contribution is 7.98. The van der Waals surface area contributed by atoms with E-state index in [4.69, 9.17) is 14.2 Å². The number of fused-ring (bicyclic) bond motifs is 3. The maximum absolute atomic E-state index is 13.6. The smallest absolute Gasteiger partial charge is 0.294 e. The summed E-state index contributed by atoms with van der Waals surface area (Å²) >= 11 is 1.27. The topological polar surface area (TPSA) is 169 Å². The summed E-state index contributed by atoms with van der Waals surface area (Å²) in [5.41, 5.74) is 1.24. The molecule has 0 fully saturated rings. The summed E-state index contributed by atoms with van der Waals surface area (Å²) in [7, 11) is 4.48. The number of nitrogens with one attached hydrogen (secondary N) is 1. The molecule has 1 aliphatic carbocycles. The number of para-hydroxylation sites is 1. The fourth-order valence-corrected chi connectivity index (χ4v) is 5.55. The monoisotopic (exact) mass is 597 g/mol. The number of carbonyl (C=O) groups is 1. The highest BCUT2D eigenvalue weighted by Crippen LogP contribution is 2.50. The number of carbonyl (C=O) groups excluding carboxylic acids is 1. The van der Waals surface area contributed by atoms with Crippen molar-refractivity contribution in [2.75, 3.05) is 27.6 Å². The van der Waals surface area contributed by atoms with E-state index in [1.54, 1.807) is 18.4 Å². The van der Waals surface area contributed by atoms with Gasteiger partial charge in [-0.2, -0.15) is 0 Å². The van der Waals surface area contributed by atoms with Gasteiger partial charge < -0.3 is 24.4 Å². The molecule has 0 unspecified atom stereocenters. The molecule has 4 rings (SSSR count). The van der Waals surface area contributed by atoms with Gasteiger partial charge in [0, 0.05) is 5.56 Å².